The Labute approximate surface area is 146 Å². The zero-order chi connectivity index (χ0) is 17.3. The van der Waals surface area contributed by atoms with Crippen molar-refractivity contribution in [1.29, 1.82) is 0 Å². The van der Waals surface area contributed by atoms with Gasteiger partial charge < -0.3 is 4.90 Å². The van der Waals surface area contributed by atoms with Gasteiger partial charge in [-0.1, -0.05) is 12.8 Å². The van der Waals surface area contributed by atoms with Gasteiger partial charge >= 0.3 is 0 Å². The average Bonchev–Trinajstić information content (AvgIpc) is 3.11. The summed E-state index contributed by atoms with van der Waals surface area (Å²) in [4.78, 5) is 27.0. The van der Waals surface area contributed by atoms with Gasteiger partial charge in [0.1, 0.15) is 6.04 Å². The maximum atomic E-state index is 12.8. The molecule has 3 unspecified atom stereocenters. The van der Waals surface area contributed by atoms with Gasteiger partial charge in [0.15, 0.2) is 0 Å². The Kier molecular flexibility index (Phi) is 4.96. The predicted octanol–water partition coefficient (Wildman–Crippen LogP) is 1.53. The lowest BCUT2D eigenvalue weighted by Gasteiger charge is -2.33. The minimum Gasteiger partial charge on any atom is -0.327 e. The molecule has 1 aromatic heterocycles. The summed E-state index contributed by atoms with van der Waals surface area (Å²) < 4.78 is 24.9. The number of carbonyl (C=O) groups is 2. The molecule has 0 aromatic carbocycles. The standard InChI is InChI=1S/C16H22N2O4S2/c1-24(21,22)17-16(20)14-9-12-4-2-3-5-13(12)18(14)15(19)8-11-6-7-23-10-11/h6-7,10,12-14H,2-5,8-9H2,1H3,(H,17,20). The van der Waals surface area contributed by atoms with Crippen molar-refractivity contribution >= 4 is 33.2 Å². The highest BCUT2D eigenvalue weighted by Crippen LogP contribution is 2.40. The van der Waals surface area contributed by atoms with Gasteiger partial charge in [-0.15, -0.1) is 0 Å². The third kappa shape index (κ3) is 3.80. The molecule has 1 aromatic rings. The second-order valence-corrected chi connectivity index (χ2v) is 9.24. The molecule has 1 saturated carbocycles. The van der Waals surface area contributed by atoms with Crippen molar-refractivity contribution in [3.63, 3.8) is 0 Å². The van der Waals surface area contributed by atoms with E-state index in [1.54, 1.807) is 4.90 Å². The van der Waals surface area contributed by atoms with Crippen molar-refractivity contribution < 1.29 is 18.0 Å². The number of carbonyl (C=O) groups excluding carboxylic acids is 2. The Morgan fingerprint density at radius 1 is 1.33 bits per heavy atom. The molecule has 0 radical (unpaired) electrons. The van der Waals surface area contributed by atoms with Crippen molar-refractivity contribution in [2.45, 2.75) is 50.6 Å². The molecule has 2 fully saturated rings. The first-order valence-electron chi connectivity index (χ1n) is 8.19. The number of nitrogens with zero attached hydrogens (tertiary/aromatic N) is 1. The van der Waals surface area contributed by atoms with Gasteiger partial charge in [0, 0.05) is 6.04 Å². The largest absolute Gasteiger partial charge is 0.327 e. The molecule has 1 aliphatic heterocycles. The summed E-state index contributed by atoms with van der Waals surface area (Å²) >= 11 is 1.53. The van der Waals surface area contributed by atoms with E-state index in [0.29, 0.717) is 12.3 Å². The molecule has 8 heteroatoms. The molecular formula is C16H22N2O4S2. The number of fused-ring (bicyclic) bond motifs is 1. The Hall–Kier alpha value is -1.41. The van der Waals surface area contributed by atoms with Gasteiger partial charge in [-0.3, -0.25) is 14.3 Å². The Bertz CT molecular complexity index is 714. The van der Waals surface area contributed by atoms with Gasteiger partial charge in [-0.25, -0.2) is 8.42 Å². The molecule has 3 atom stereocenters. The first kappa shape index (κ1) is 17.4. The first-order valence-corrected chi connectivity index (χ1v) is 11.0. The second-order valence-electron chi connectivity index (χ2n) is 6.71. The molecule has 6 nitrogen and oxygen atoms in total. The van der Waals surface area contributed by atoms with Crippen LogP contribution in [0.15, 0.2) is 16.8 Å². The summed E-state index contributed by atoms with van der Waals surface area (Å²) in [5, 5.41) is 3.85. The summed E-state index contributed by atoms with van der Waals surface area (Å²) in [7, 11) is -3.63. The summed E-state index contributed by atoms with van der Waals surface area (Å²) in [6.45, 7) is 0. The van der Waals surface area contributed by atoms with Gasteiger partial charge in [0.25, 0.3) is 5.91 Å². The maximum Gasteiger partial charge on any atom is 0.256 e. The molecular weight excluding hydrogens is 348 g/mol. The zero-order valence-electron chi connectivity index (χ0n) is 13.6. The highest BCUT2D eigenvalue weighted by molar-refractivity contribution is 7.89. The molecule has 24 heavy (non-hydrogen) atoms. The summed E-state index contributed by atoms with van der Waals surface area (Å²) in [5.41, 5.74) is 0.937. The number of amides is 2. The number of rotatable bonds is 4. The fourth-order valence-electron chi connectivity index (χ4n) is 3.96. The topological polar surface area (TPSA) is 83.6 Å². The van der Waals surface area contributed by atoms with Crippen LogP contribution < -0.4 is 4.72 Å². The van der Waals surface area contributed by atoms with Gasteiger partial charge in [0.2, 0.25) is 15.9 Å². The van der Waals surface area contributed by atoms with Crippen LogP contribution in [-0.2, 0) is 26.0 Å². The lowest BCUT2D eigenvalue weighted by molar-refractivity contribution is -0.139. The Morgan fingerprint density at radius 3 is 2.75 bits per heavy atom. The summed E-state index contributed by atoms with van der Waals surface area (Å²) in [6, 6.07) is 1.28. The molecule has 1 saturated heterocycles. The number of hydrogen-bond acceptors (Lipinski definition) is 5. The quantitative estimate of drug-likeness (QED) is 0.871. The van der Waals surface area contributed by atoms with Crippen LogP contribution in [0.5, 0.6) is 0 Å². The number of thiophene rings is 1. The number of hydrogen-bond donors (Lipinski definition) is 1. The lowest BCUT2D eigenvalue weighted by atomic mass is 9.84. The monoisotopic (exact) mass is 370 g/mol. The van der Waals surface area contributed by atoms with Crippen LogP contribution in [-0.4, -0.2) is 43.5 Å². The maximum absolute atomic E-state index is 12.8. The molecule has 1 N–H and O–H groups in total. The fourth-order valence-corrected chi connectivity index (χ4v) is 5.13. The van der Waals surface area contributed by atoms with Gasteiger partial charge in [0.05, 0.1) is 12.7 Å². The average molecular weight is 370 g/mol. The smallest absolute Gasteiger partial charge is 0.256 e. The summed E-state index contributed by atoms with van der Waals surface area (Å²) in [5.74, 6) is -0.373. The van der Waals surface area contributed by atoms with Crippen LogP contribution in [0.1, 0.15) is 37.7 Å². The highest BCUT2D eigenvalue weighted by Gasteiger charge is 2.47. The predicted molar refractivity (Wildman–Crippen MR) is 92.0 cm³/mol. The minimum atomic E-state index is -3.63. The number of sulfonamides is 1. The normalized spacial score (nSPS) is 26.9. The van der Waals surface area contributed by atoms with E-state index >= 15 is 0 Å². The molecule has 0 spiro atoms. The van der Waals surface area contributed by atoms with Crippen LogP contribution in [0.3, 0.4) is 0 Å². The minimum absolute atomic E-state index is 0.0557. The van der Waals surface area contributed by atoms with E-state index in [1.807, 2.05) is 16.8 Å². The van der Waals surface area contributed by atoms with Crippen LogP contribution in [0.2, 0.25) is 0 Å². The van der Waals surface area contributed by atoms with E-state index in [0.717, 1.165) is 37.5 Å². The molecule has 3 rings (SSSR count). The number of likely N-dealkylation sites (tertiary alicyclic amines) is 1. The summed E-state index contributed by atoms with van der Waals surface area (Å²) in [6.07, 6.45) is 5.82. The van der Waals surface area contributed by atoms with E-state index in [1.165, 1.54) is 11.3 Å². The van der Waals surface area contributed by atoms with Crippen molar-refractivity contribution in [2.75, 3.05) is 6.26 Å². The number of nitrogens with one attached hydrogen (secondary N) is 1. The second kappa shape index (κ2) is 6.84. The Balaban J connectivity index is 1.82. The van der Waals surface area contributed by atoms with Gasteiger partial charge in [-0.05, 0) is 47.6 Å². The van der Waals surface area contributed by atoms with Crippen molar-refractivity contribution in [1.82, 2.24) is 9.62 Å². The van der Waals surface area contributed by atoms with Crippen LogP contribution >= 0.6 is 11.3 Å². The molecule has 1 aliphatic carbocycles. The third-order valence-electron chi connectivity index (χ3n) is 4.90. The van der Waals surface area contributed by atoms with E-state index in [-0.39, 0.29) is 18.4 Å². The van der Waals surface area contributed by atoms with Crippen molar-refractivity contribution in [3.8, 4) is 0 Å². The van der Waals surface area contributed by atoms with E-state index < -0.39 is 22.0 Å². The van der Waals surface area contributed by atoms with Gasteiger partial charge in [-0.2, -0.15) is 11.3 Å². The van der Waals surface area contributed by atoms with Crippen LogP contribution in [0, 0.1) is 5.92 Å². The fraction of sp³-hybridized carbons (Fsp3) is 0.625. The van der Waals surface area contributed by atoms with Crippen LogP contribution in [0.25, 0.3) is 0 Å². The van der Waals surface area contributed by atoms with Crippen molar-refractivity contribution in [3.05, 3.63) is 22.4 Å². The van der Waals surface area contributed by atoms with Crippen molar-refractivity contribution in [2.24, 2.45) is 5.92 Å². The first-order chi connectivity index (χ1) is 11.3. The zero-order valence-corrected chi connectivity index (χ0v) is 15.2. The molecule has 2 heterocycles. The van der Waals surface area contributed by atoms with E-state index in [2.05, 4.69) is 4.72 Å². The highest BCUT2D eigenvalue weighted by atomic mass is 32.2. The van der Waals surface area contributed by atoms with E-state index in [9.17, 15) is 18.0 Å². The molecule has 2 aliphatic rings. The van der Waals surface area contributed by atoms with E-state index in [4.69, 9.17) is 0 Å². The SMILES string of the molecule is CS(=O)(=O)NC(=O)C1CC2CCCCC2N1C(=O)Cc1ccsc1. The lowest BCUT2D eigenvalue weighted by Crippen LogP contribution is -2.50. The van der Waals surface area contributed by atoms with Crippen LogP contribution in [0.4, 0.5) is 0 Å². The molecule has 0 bridgehead atoms. The Morgan fingerprint density at radius 2 is 2.08 bits per heavy atom. The molecule has 2 amide bonds. The molecule has 132 valence electrons. The third-order valence-corrected chi connectivity index (χ3v) is 6.20.